The molecule has 0 aromatic heterocycles. The van der Waals surface area contributed by atoms with E-state index in [4.69, 9.17) is 9.47 Å². The molecule has 1 aliphatic heterocycles. The molecule has 0 spiro atoms. The third-order valence-corrected chi connectivity index (χ3v) is 5.41. The molecule has 2 aromatic carbocycles. The summed E-state index contributed by atoms with van der Waals surface area (Å²) in [6, 6.07) is 10.2. The van der Waals surface area contributed by atoms with Crippen LogP contribution in [0, 0.1) is 11.7 Å². The van der Waals surface area contributed by atoms with Crippen LogP contribution < -0.4 is 25.4 Å². The third kappa shape index (κ3) is 6.58. The number of carbonyl (C=O) groups excluding carboxylic acids is 3. The lowest BCUT2D eigenvalue weighted by Crippen LogP contribution is -2.44. The second-order valence-corrected chi connectivity index (χ2v) is 7.60. The van der Waals surface area contributed by atoms with Crippen molar-refractivity contribution < 1.29 is 28.2 Å². The number of rotatable bonds is 6. The van der Waals surface area contributed by atoms with Crippen LogP contribution in [0.15, 0.2) is 42.5 Å². The summed E-state index contributed by atoms with van der Waals surface area (Å²) in [7, 11) is 2.96. The first-order chi connectivity index (χ1) is 15.9. The van der Waals surface area contributed by atoms with Crippen LogP contribution in [-0.2, 0) is 9.59 Å². The molecule has 1 saturated heterocycles. The van der Waals surface area contributed by atoms with Gasteiger partial charge in [0.25, 0.3) is 0 Å². The SMILES string of the molecule is COc1ccc(OC)c(NC(=O)C(=O)NCC2CCN(C(=O)Nc3ccc(F)cc3)CC2)c1. The van der Waals surface area contributed by atoms with E-state index in [1.54, 1.807) is 23.1 Å². The van der Waals surface area contributed by atoms with Gasteiger partial charge in [0.05, 0.1) is 19.9 Å². The molecule has 1 aliphatic rings. The highest BCUT2D eigenvalue weighted by Crippen LogP contribution is 2.28. The van der Waals surface area contributed by atoms with E-state index in [2.05, 4.69) is 16.0 Å². The molecule has 0 atom stereocenters. The minimum atomic E-state index is -0.808. The van der Waals surface area contributed by atoms with Crippen LogP contribution in [-0.4, -0.2) is 56.6 Å². The van der Waals surface area contributed by atoms with Gasteiger partial charge in [-0.15, -0.1) is 0 Å². The van der Waals surface area contributed by atoms with Gasteiger partial charge >= 0.3 is 17.8 Å². The number of benzene rings is 2. The number of halogens is 1. The Hall–Kier alpha value is -3.82. The molecule has 0 unspecified atom stereocenters. The molecular formula is C23H27FN4O5. The van der Waals surface area contributed by atoms with E-state index in [1.807, 2.05) is 0 Å². The second-order valence-electron chi connectivity index (χ2n) is 7.60. The Labute approximate surface area is 191 Å². The number of carbonyl (C=O) groups is 3. The van der Waals surface area contributed by atoms with Gasteiger partial charge in [-0.05, 0) is 55.2 Å². The molecule has 1 heterocycles. The van der Waals surface area contributed by atoms with E-state index in [9.17, 15) is 18.8 Å². The van der Waals surface area contributed by atoms with Crippen molar-refractivity contribution in [3.8, 4) is 11.5 Å². The fraction of sp³-hybridized carbons (Fsp3) is 0.348. The average molecular weight is 458 g/mol. The van der Waals surface area contributed by atoms with Gasteiger partial charge in [-0.2, -0.15) is 0 Å². The predicted octanol–water partition coefficient (Wildman–Crippen LogP) is 2.84. The van der Waals surface area contributed by atoms with Crippen molar-refractivity contribution in [1.29, 1.82) is 0 Å². The first kappa shape index (κ1) is 23.8. The van der Waals surface area contributed by atoms with Gasteiger partial charge in [0.1, 0.15) is 17.3 Å². The standard InChI is InChI=1S/C23H27FN4O5/c1-32-18-7-8-20(33-2)19(13-18)27-22(30)21(29)25-14-15-9-11-28(12-10-15)23(31)26-17-5-3-16(24)4-6-17/h3-8,13,15H,9-12,14H2,1-2H3,(H,25,29)(H,26,31)(H,27,30). The first-order valence-electron chi connectivity index (χ1n) is 10.5. The number of methoxy groups -OCH3 is 2. The van der Waals surface area contributed by atoms with Crippen molar-refractivity contribution >= 4 is 29.2 Å². The van der Waals surface area contributed by atoms with Crippen LogP contribution in [0.5, 0.6) is 11.5 Å². The number of hydrogen-bond donors (Lipinski definition) is 3. The van der Waals surface area contributed by atoms with Gasteiger partial charge in [0.2, 0.25) is 0 Å². The van der Waals surface area contributed by atoms with Crippen LogP contribution in [0.4, 0.5) is 20.6 Å². The summed E-state index contributed by atoms with van der Waals surface area (Å²) in [4.78, 5) is 38.6. The van der Waals surface area contributed by atoms with E-state index in [0.29, 0.717) is 55.3 Å². The van der Waals surface area contributed by atoms with Crippen molar-refractivity contribution in [2.75, 3.05) is 44.5 Å². The Morgan fingerprint density at radius 1 is 0.970 bits per heavy atom. The highest BCUT2D eigenvalue weighted by molar-refractivity contribution is 6.39. The highest BCUT2D eigenvalue weighted by Gasteiger charge is 2.24. The molecule has 0 saturated carbocycles. The first-order valence-corrected chi connectivity index (χ1v) is 10.5. The van der Waals surface area contributed by atoms with Crippen molar-refractivity contribution in [3.63, 3.8) is 0 Å². The number of likely N-dealkylation sites (tertiary alicyclic amines) is 1. The van der Waals surface area contributed by atoms with Gasteiger partial charge in [0.15, 0.2) is 0 Å². The topological polar surface area (TPSA) is 109 Å². The predicted molar refractivity (Wildman–Crippen MR) is 121 cm³/mol. The molecule has 0 radical (unpaired) electrons. The molecule has 10 heteroatoms. The smallest absolute Gasteiger partial charge is 0.321 e. The van der Waals surface area contributed by atoms with E-state index >= 15 is 0 Å². The van der Waals surface area contributed by atoms with Crippen LogP contribution >= 0.6 is 0 Å². The number of ether oxygens (including phenoxy) is 2. The van der Waals surface area contributed by atoms with E-state index in [0.717, 1.165) is 0 Å². The summed E-state index contributed by atoms with van der Waals surface area (Å²) < 4.78 is 23.3. The molecule has 1 fully saturated rings. The zero-order valence-corrected chi connectivity index (χ0v) is 18.5. The van der Waals surface area contributed by atoms with Gasteiger partial charge in [-0.3, -0.25) is 9.59 Å². The van der Waals surface area contributed by atoms with Crippen molar-refractivity contribution in [2.24, 2.45) is 5.92 Å². The number of hydrogen-bond acceptors (Lipinski definition) is 5. The zero-order chi connectivity index (χ0) is 23.8. The van der Waals surface area contributed by atoms with Crippen LogP contribution in [0.1, 0.15) is 12.8 Å². The third-order valence-electron chi connectivity index (χ3n) is 5.41. The maximum atomic E-state index is 13.0. The average Bonchev–Trinajstić information content (AvgIpc) is 2.84. The molecule has 0 bridgehead atoms. The largest absolute Gasteiger partial charge is 0.497 e. The van der Waals surface area contributed by atoms with Crippen LogP contribution in [0.3, 0.4) is 0 Å². The molecule has 3 N–H and O–H groups in total. The number of amides is 4. The molecular weight excluding hydrogens is 431 g/mol. The summed E-state index contributed by atoms with van der Waals surface area (Å²) in [5.41, 5.74) is 0.854. The maximum Gasteiger partial charge on any atom is 0.321 e. The second kappa shape index (κ2) is 11.2. The molecule has 176 valence electrons. The lowest BCUT2D eigenvalue weighted by Gasteiger charge is -2.32. The van der Waals surface area contributed by atoms with Gasteiger partial charge in [-0.1, -0.05) is 0 Å². The maximum absolute atomic E-state index is 13.0. The van der Waals surface area contributed by atoms with Crippen molar-refractivity contribution in [3.05, 3.63) is 48.3 Å². The molecule has 3 rings (SSSR count). The zero-order valence-electron chi connectivity index (χ0n) is 18.5. The molecule has 2 aromatic rings. The summed E-state index contributed by atoms with van der Waals surface area (Å²) in [5.74, 6) is -0.867. The molecule has 4 amide bonds. The van der Waals surface area contributed by atoms with Crippen LogP contribution in [0.25, 0.3) is 0 Å². The molecule has 33 heavy (non-hydrogen) atoms. The van der Waals surface area contributed by atoms with Gasteiger partial charge in [-0.25, -0.2) is 9.18 Å². The number of piperidine rings is 1. The highest BCUT2D eigenvalue weighted by atomic mass is 19.1. The Morgan fingerprint density at radius 3 is 2.30 bits per heavy atom. The Kier molecular flexibility index (Phi) is 8.06. The lowest BCUT2D eigenvalue weighted by molar-refractivity contribution is -0.136. The van der Waals surface area contributed by atoms with Gasteiger partial charge in [0, 0.05) is 31.4 Å². The summed E-state index contributed by atoms with van der Waals surface area (Å²) in [6.07, 6.45) is 1.37. The Balaban J connectivity index is 1.43. The Bertz CT molecular complexity index is 991. The summed E-state index contributed by atoms with van der Waals surface area (Å²) in [5, 5.41) is 7.92. The summed E-state index contributed by atoms with van der Waals surface area (Å²) >= 11 is 0. The fourth-order valence-electron chi connectivity index (χ4n) is 3.48. The van der Waals surface area contributed by atoms with E-state index in [1.165, 1.54) is 38.5 Å². The summed E-state index contributed by atoms with van der Waals surface area (Å²) in [6.45, 7) is 1.36. The minimum absolute atomic E-state index is 0.142. The number of anilines is 2. The van der Waals surface area contributed by atoms with Crippen molar-refractivity contribution in [2.45, 2.75) is 12.8 Å². The van der Waals surface area contributed by atoms with Crippen LogP contribution in [0.2, 0.25) is 0 Å². The lowest BCUT2D eigenvalue weighted by atomic mass is 9.97. The van der Waals surface area contributed by atoms with E-state index < -0.39 is 11.8 Å². The fourth-order valence-corrected chi connectivity index (χ4v) is 3.48. The number of nitrogens with one attached hydrogen (secondary N) is 3. The normalized spacial score (nSPS) is 13.7. The molecule has 9 nitrogen and oxygen atoms in total. The van der Waals surface area contributed by atoms with Crippen molar-refractivity contribution in [1.82, 2.24) is 10.2 Å². The molecule has 0 aliphatic carbocycles. The quantitative estimate of drug-likeness (QED) is 0.577. The van der Waals surface area contributed by atoms with E-state index in [-0.39, 0.29) is 17.8 Å². The Morgan fingerprint density at radius 2 is 1.67 bits per heavy atom. The number of nitrogens with zero attached hydrogens (tertiary/aromatic N) is 1. The number of urea groups is 1. The monoisotopic (exact) mass is 458 g/mol. The van der Waals surface area contributed by atoms with Gasteiger partial charge < -0.3 is 30.3 Å². The minimum Gasteiger partial charge on any atom is -0.497 e.